The molecule has 8 nitrogen and oxygen atoms in total. The predicted octanol–water partition coefficient (Wildman–Crippen LogP) is 4.08. The van der Waals surface area contributed by atoms with Crippen LogP contribution in [0.4, 0.5) is 5.69 Å². The molecule has 0 saturated heterocycles. The number of hydrogen-bond donors (Lipinski definition) is 2. The largest absolute Gasteiger partial charge is 0.480 e. The average Bonchev–Trinajstić information content (AvgIpc) is 3.48. The van der Waals surface area contributed by atoms with Crippen molar-refractivity contribution in [2.45, 2.75) is 17.7 Å². The molecule has 11 heteroatoms. The molecule has 0 aliphatic heterocycles. The van der Waals surface area contributed by atoms with Crippen LogP contribution in [-0.2, 0) is 21.4 Å². The van der Waals surface area contributed by atoms with Crippen LogP contribution in [0.2, 0.25) is 0 Å². The van der Waals surface area contributed by atoms with Crippen LogP contribution in [0, 0.1) is 0 Å². The number of likely N-dealkylation sites (N-methyl/N-ethyl adjacent to an activating group) is 1. The van der Waals surface area contributed by atoms with Gasteiger partial charge >= 0.3 is 5.97 Å². The number of thiophene rings is 1. The summed E-state index contributed by atoms with van der Waals surface area (Å²) in [5, 5.41) is 12.3. The topological polar surface area (TPSA) is 107 Å². The molecule has 32 heavy (non-hydrogen) atoms. The van der Waals surface area contributed by atoms with Crippen molar-refractivity contribution in [1.82, 2.24) is 14.9 Å². The van der Waals surface area contributed by atoms with Gasteiger partial charge in [0.25, 0.3) is 10.0 Å². The van der Waals surface area contributed by atoms with E-state index in [1.54, 1.807) is 41.7 Å². The number of thiazole rings is 1. The number of nitrogens with one attached hydrogen (secondary N) is 1. The Morgan fingerprint density at radius 1 is 1.25 bits per heavy atom. The van der Waals surface area contributed by atoms with Crippen LogP contribution in [0.15, 0.2) is 52.2 Å². The summed E-state index contributed by atoms with van der Waals surface area (Å²) in [5.41, 5.74) is 2.10. The zero-order chi connectivity index (χ0) is 22.9. The van der Waals surface area contributed by atoms with Crippen molar-refractivity contribution >= 4 is 55.3 Å². The van der Waals surface area contributed by atoms with Gasteiger partial charge in [-0.1, -0.05) is 18.2 Å². The molecular weight excluding hydrogens is 468 g/mol. The van der Waals surface area contributed by atoms with Crippen LogP contribution in [-0.4, -0.2) is 54.5 Å². The number of carbonyl (C=O) groups is 1. The van der Waals surface area contributed by atoms with Gasteiger partial charge in [0, 0.05) is 29.5 Å². The second-order valence-electron chi connectivity index (χ2n) is 7.22. The number of benzene rings is 1. The third-order valence-corrected chi connectivity index (χ3v) is 9.12. The van der Waals surface area contributed by atoms with Crippen molar-refractivity contribution in [2.24, 2.45) is 0 Å². The lowest BCUT2D eigenvalue weighted by molar-refractivity contribution is -0.138. The van der Waals surface area contributed by atoms with E-state index in [1.807, 2.05) is 25.1 Å². The van der Waals surface area contributed by atoms with Gasteiger partial charge in [-0.2, -0.15) is 0 Å². The molecule has 0 saturated carbocycles. The lowest BCUT2D eigenvalue weighted by Gasteiger charge is -2.22. The lowest BCUT2D eigenvalue weighted by atomic mass is 10.2. The highest BCUT2D eigenvalue weighted by molar-refractivity contribution is 7.94. The van der Waals surface area contributed by atoms with Gasteiger partial charge in [0.2, 0.25) is 0 Å². The van der Waals surface area contributed by atoms with Gasteiger partial charge in [0.15, 0.2) is 0 Å². The number of aromatic amines is 1. The van der Waals surface area contributed by atoms with E-state index in [9.17, 15) is 13.2 Å². The normalized spacial score (nSPS) is 12.0. The molecule has 168 valence electrons. The number of aromatic nitrogens is 2. The minimum atomic E-state index is -3.66. The zero-order valence-corrected chi connectivity index (χ0v) is 19.9. The number of fused-ring (bicyclic) bond motifs is 1. The maximum atomic E-state index is 13.2. The highest BCUT2D eigenvalue weighted by atomic mass is 32.2. The quantitative estimate of drug-likeness (QED) is 0.366. The van der Waals surface area contributed by atoms with Gasteiger partial charge in [0.1, 0.15) is 9.22 Å². The predicted molar refractivity (Wildman–Crippen MR) is 128 cm³/mol. The molecule has 0 amide bonds. The van der Waals surface area contributed by atoms with Crippen molar-refractivity contribution < 1.29 is 18.3 Å². The molecule has 0 aliphatic rings. The average molecular weight is 491 g/mol. The number of hydrogen-bond acceptors (Lipinski definition) is 7. The number of carboxylic acid groups (broad SMARTS) is 1. The van der Waals surface area contributed by atoms with Gasteiger partial charge in [-0.15, -0.1) is 22.7 Å². The van der Waals surface area contributed by atoms with Gasteiger partial charge in [0.05, 0.1) is 23.4 Å². The van der Waals surface area contributed by atoms with E-state index in [0.29, 0.717) is 23.0 Å². The fourth-order valence-electron chi connectivity index (χ4n) is 3.51. The molecule has 0 radical (unpaired) electrons. The first-order chi connectivity index (χ1) is 15.3. The summed E-state index contributed by atoms with van der Waals surface area (Å²) in [4.78, 5) is 21.4. The molecule has 0 atom stereocenters. The summed E-state index contributed by atoms with van der Waals surface area (Å²) in [7, 11) is -1.92. The lowest BCUT2D eigenvalue weighted by Crippen LogP contribution is -2.30. The highest BCUT2D eigenvalue weighted by Gasteiger charge is 2.26. The molecule has 0 fully saturated rings. The van der Waals surface area contributed by atoms with Crippen LogP contribution in [0.1, 0.15) is 11.8 Å². The van der Waals surface area contributed by atoms with Crippen molar-refractivity contribution in [3.05, 3.63) is 52.9 Å². The molecule has 0 aliphatic carbocycles. The Labute approximate surface area is 193 Å². The number of aliphatic carboxylic acids is 1. The smallest absolute Gasteiger partial charge is 0.317 e. The van der Waals surface area contributed by atoms with Crippen molar-refractivity contribution in [2.75, 3.05) is 24.4 Å². The van der Waals surface area contributed by atoms with E-state index in [0.717, 1.165) is 26.5 Å². The van der Waals surface area contributed by atoms with Crippen LogP contribution >= 0.6 is 22.7 Å². The van der Waals surface area contributed by atoms with Gasteiger partial charge < -0.3 is 10.1 Å². The van der Waals surface area contributed by atoms with Crippen molar-refractivity contribution in [3.63, 3.8) is 0 Å². The molecule has 0 unspecified atom stereocenters. The Morgan fingerprint density at radius 2 is 2.06 bits per heavy atom. The maximum absolute atomic E-state index is 13.2. The summed E-state index contributed by atoms with van der Waals surface area (Å²) in [6.07, 6.45) is 1.74. The Hall–Kier alpha value is -2.73. The third kappa shape index (κ3) is 4.42. The maximum Gasteiger partial charge on any atom is 0.317 e. The minimum Gasteiger partial charge on any atom is -0.480 e. The number of rotatable bonds is 9. The van der Waals surface area contributed by atoms with Crippen LogP contribution in [0.5, 0.6) is 0 Å². The van der Waals surface area contributed by atoms with E-state index in [-0.39, 0.29) is 6.54 Å². The van der Waals surface area contributed by atoms with Gasteiger partial charge in [-0.3, -0.25) is 14.0 Å². The molecular formula is C21H22N4O4S3. The minimum absolute atomic E-state index is 0.0471. The number of sulfonamides is 1. The zero-order valence-electron chi connectivity index (χ0n) is 17.5. The molecule has 4 rings (SSSR count). The number of nitrogens with zero attached hydrogens (tertiary/aromatic N) is 3. The number of para-hydroxylation sites is 1. The van der Waals surface area contributed by atoms with Gasteiger partial charge in [-0.05, 0) is 37.6 Å². The first-order valence-electron chi connectivity index (χ1n) is 9.83. The number of anilines is 1. The van der Waals surface area contributed by atoms with Gasteiger partial charge in [-0.25, -0.2) is 13.4 Å². The van der Waals surface area contributed by atoms with E-state index < -0.39 is 16.0 Å². The Bertz CT molecular complexity index is 1340. The number of H-pyrrole nitrogens is 1. The summed E-state index contributed by atoms with van der Waals surface area (Å²) < 4.78 is 28.1. The first kappa shape index (κ1) is 22.5. The standard InChI is InChI=1S/C21H22N4O4S3/c1-3-25(32(28,29)19-8-5-9-30-19)17-7-4-6-14-10-16(23-20(14)17)21-22-11-15(31-21)12-24(2)13-18(26)27/h4-11,23H,3,12-13H2,1-2H3,(H,26,27). The molecule has 0 bridgehead atoms. The molecule has 2 N–H and O–H groups in total. The second kappa shape index (κ2) is 9.02. The molecule has 1 aromatic carbocycles. The molecule has 3 aromatic heterocycles. The Kier molecular flexibility index (Phi) is 6.33. The SMILES string of the molecule is CCN(c1cccc2cc(-c3ncc(CN(C)CC(=O)O)s3)[nH]c12)S(=O)(=O)c1cccs1. The van der Waals surface area contributed by atoms with E-state index in [4.69, 9.17) is 5.11 Å². The van der Waals surface area contributed by atoms with E-state index in [2.05, 4.69) is 9.97 Å². The summed E-state index contributed by atoms with van der Waals surface area (Å²) >= 11 is 2.67. The molecule has 3 heterocycles. The fourth-order valence-corrected chi connectivity index (χ4v) is 7.06. The Balaban J connectivity index is 1.68. The second-order valence-corrected chi connectivity index (χ2v) is 11.4. The highest BCUT2D eigenvalue weighted by Crippen LogP contribution is 2.35. The summed E-state index contributed by atoms with van der Waals surface area (Å²) in [6.45, 7) is 2.55. The van der Waals surface area contributed by atoms with Crippen LogP contribution in [0.3, 0.4) is 0 Å². The summed E-state index contributed by atoms with van der Waals surface area (Å²) in [5.74, 6) is -0.877. The van der Waals surface area contributed by atoms with Crippen molar-refractivity contribution in [3.8, 4) is 10.7 Å². The molecule has 0 spiro atoms. The van der Waals surface area contributed by atoms with E-state index in [1.165, 1.54) is 27.0 Å². The van der Waals surface area contributed by atoms with Crippen molar-refractivity contribution in [1.29, 1.82) is 0 Å². The Morgan fingerprint density at radius 3 is 2.75 bits per heavy atom. The monoisotopic (exact) mass is 490 g/mol. The third-order valence-electron chi connectivity index (χ3n) is 4.84. The van der Waals surface area contributed by atoms with E-state index >= 15 is 0 Å². The first-order valence-corrected chi connectivity index (χ1v) is 13.0. The van der Waals surface area contributed by atoms with Crippen LogP contribution < -0.4 is 4.31 Å². The molecule has 4 aromatic rings. The van der Waals surface area contributed by atoms with Crippen LogP contribution in [0.25, 0.3) is 21.6 Å². The fraction of sp³-hybridized carbons (Fsp3) is 0.238. The number of carboxylic acids is 1. The summed E-state index contributed by atoms with van der Waals surface area (Å²) in [6, 6.07) is 10.9.